The Bertz CT molecular complexity index is 359. The first-order valence-electron chi connectivity index (χ1n) is 5.60. The van der Waals surface area contributed by atoms with Crippen molar-refractivity contribution in [3.05, 3.63) is 11.9 Å². The van der Waals surface area contributed by atoms with Crippen LogP contribution < -0.4 is 5.32 Å². The molecule has 6 heteroatoms. The lowest BCUT2D eigenvalue weighted by Crippen LogP contribution is -2.29. The molecule has 0 amide bonds. The highest BCUT2D eigenvalue weighted by Crippen LogP contribution is 2.24. The zero-order valence-corrected chi connectivity index (χ0v) is 9.09. The molecule has 1 fully saturated rings. The van der Waals surface area contributed by atoms with E-state index in [9.17, 15) is 4.79 Å². The van der Waals surface area contributed by atoms with Gasteiger partial charge in [-0.05, 0) is 25.3 Å². The summed E-state index contributed by atoms with van der Waals surface area (Å²) in [7, 11) is 0. The first-order valence-corrected chi connectivity index (χ1v) is 5.60. The predicted octanol–water partition coefficient (Wildman–Crippen LogP) is 0.366. The van der Waals surface area contributed by atoms with Gasteiger partial charge in [0.2, 0.25) is 0 Å². The summed E-state index contributed by atoms with van der Waals surface area (Å²) in [4.78, 5) is 10.5. The maximum absolute atomic E-state index is 10.5. The molecule has 2 N–H and O–H groups in total. The van der Waals surface area contributed by atoms with Gasteiger partial charge in [-0.3, -0.25) is 4.68 Å². The van der Waals surface area contributed by atoms with E-state index in [1.54, 1.807) is 4.68 Å². The van der Waals surface area contributed by atoms with Crippen LogP contribution in [0.25, 0.3) is 0 Å². The van der Waals surface area contributed by atoms with Gasteiger partial charge in [0.15, 0.2) is 5.69 Å². The van der Waals surface area contributed by atoms with Crippen molar-refractivity contribution in [3.8, 4) is 0 Å². The molecule has 0 atom stereocenters. The lowest BCUT2D eigenvalue weighted by molar-refractivity contribution is 0.0690. The highest BCUT2D eigenvalue weighted by molar-refractivity contribution is 5.84. The number of carbonyl (C=O) groups is 1. The summed E-state index contributed by atoms with van der Waals surface area (Å²) < 4.78 is 1.55. The molecule has 0 aliphatic heterocycles. The molecule has 2 rings (SSSR count). The summed E-state index contributed by atoms with van der Waals surface area (Å²) in [5.41, 5.74) is -0.000932. The van der Waals surface area contributed by atoms with Crippen LogP contribution in [-0.4, -0.2) is 39.2 Å². The molecular formula is C10H16N4O2. The van der Waals surface area contributed by atoms with Crippen LogP contribution in [0.2, 0.25) is 0 Å². The minimum atomic E-state index is -1.03. The lowest BCUT2D eigenvalue weighted by Gasteiger charge is -2.25. The van der Waals surface area contributed by atoms with Gasteiger partial charge in [-0.25, -0.2) is 4.79 Å². The number of hydrogen-bond acceptors (Lipinski definition) is 4. The van der Waals surface area contributed by atoms with Gasteiger partial charge in [-0.1, -0.05) is 11.6 Å². The van der Waals surface area contributed by atoms with Crippen molar-refractivity contribution in [1.82, 2.24) is 20.3 Å². The highest BCUT2D eigenvalue weighted by atomic mass is 16.4. The van der Waals surface area contributed by atoms with Crippen molar-refractivity contribution in [1.29, 1.82) is 0 Å². The predicted molar refractivity (Wildman–Crippen MR) is 57.2 cm³/mol. The van der Waals surface area contributed by atoms with Crippen LogP contribution >= 0.6 is 0 Å². The SMILES string of the molecule is O=C(O)c1cn(CCNCC2CCC2)nn1. The highest BCUT2D eigenvalue weighted by Gasteiger charge is 2.16. The second kappa shape index (κ2) is 5.07. The van der Waals surface area contributed by atoms with E-state index in [2.05, 4.69) is 15.6 Å². The van der Waals surface area contributed by atoms with Crippen LogP contribution in [0.4, 0.5) is 0 Å². The first-order chi connectivity index (χ1) is 7.75. The van der Waals surface area contributed by atoms with Crippen LogP contribution in [0.5, 0.6) is 0 Å². The van der Waals surface area contributed by atoms with E-state index in [4.69, 9.17) is 5.11 Å². The van der Waals surface area contributed by atoms with Crippen LogP contribution in [0.15, 0.2) is 6.20 Å². The Labute approximate surface area is 93.6 Å². The molecule has 16 heavy (non-hydrogen) atoms. The number of nitrogens with zero attached hydrogens (tertiary/aromatic N) is 3. The standard InChI is InChI=1S/C10H16N4O2/c15-10(16)9-7-14(13-12-9)5-4-11-6-8-2-1-3-8/h7-8,11H,1-6H2,(H,15,16). The molecule has 1 aliphatic rings. The largest absolute Gasteiger partial charge is 0.476 e. The van der Waals surface area contributed by atoms with Crippen LogP contribution in [0.3, 0.4) is 0 Å². The Morgan fingerprint density at radius 3 is 3.00 bits per heavy atom. The molecule has 6 nitrogen and oxygen atoms in total. The van der Waals surface area contributed by atoms with Crippen LogP contribution in [0.1, 0.15) is 29.8 Å². The topological polar surface area (TPSA) is 80.0 Å². The summed E-state index contributed by atoms with van der Waals surface area (Å²) in [6.07, 6.45) is 5.48. The van der Waals surface area contributed by atoms with Crippen molar-refractivity contribution >= 4 is 5.97 Å². The second-order valence-electron chi connectivity index (χ2n) is 4.17. The minimum absolute atomic E-state index is 0.000932. The molecule has 0 bridgehead atoms. The third-order valence-corrected chi connectivity index (χ3v) is 2.93. The van der Waals surface area contributed by atoms with Crippen LogP contribution in [-0.2, 0) is 6.54 Å². The van der Waals surface area contributed by atoms with Gasteiger partial charge in [0.05, 0.1) is 12.7 Å². The van der Waals surface area contributed by atoms with Gasteiger partial charge in [-0.15, -0.1) is 5.10 Å². The molecule has 1 aliphatic carbocycles. The third kappa shape index (κ3) is 2.79. The zero-order chi connectivity index (χ0) is 11.4. The van der Waals surface area contributed by atoms with Gasteiger partial charge >= 0.3 is 5.97 Å². The smallest absolute Gasteiger partial charge is 0.358 e. The van der Waals surface area contributed by atoms with Gasteiger partial charge < -0.3 is 10.4 Å². The number of aromatic carboxylic acids is 1. The van der Waals surface area contributed by atoms with Crippen molar-refractivity contribution in [2.24, 2.45) is 5.92 Å². The first kappa shape index (κ1) is 11.1. The summed E-state index contributed by atoms with van der Waals surface area (Å²) in [6, 6.07) is 0. The van der Waals surface area contributed by atoms with Crippen molar-refractivity contribution in [2.45, 2.75) is 25.8 Å². The fraction of sp³-hybridized carbons (Fsp3) is 0.700. The monoisotopic (exact) mass is 224 g/mol. The van der Waals surface area contributed by atoms with Crippen molar-refractivity contribution in [3.63, 3.8) is 0 Å². The summed E-state index contributed by atoms with van der Waals surface area (Å²) in [6.45, 7) is 2.52. The van der Waals surface area contributed by atoms with E-state index in [1.165, 1.54) is 25.5 Å². The quantitative estimate of drug-likeness (QED) is 0.682. The van der Waals surface area contributed by atoms with Crippen molar-refractivity contribution in [2.75, 3.05) is 13.1 Å². The fourth-order valence-corrected chi connectivity index (χ4v) is 1.70. The number of carboxylic acids is 1. The fourth-order valence-electron chi connectivity index (χ4n) is 1.70. The molecule has 0 spiro atoms. The maximum Gasteiger partial charge on any atom is 0.358 e. The molecule has 0 saturated heterocycles. The molecule has 0 radical (unpaired) electrons. The third-order valence-electron chi connectivity index (χ3n) is 2.93. The van der Waals surface area contributed by atoms with Crippen LogP contribution in [0, 0.1) is 5.92 Å². The van der Waals surface area contributed by atoms with Gasteiger partial charge in [0, 0.05) is 6.54 Å². The Morgan fingerprint density at radius 2 is 2.44 bits per heavy atom. The minimum Gasteiger partial charge on any atom is -0.476 e. The van der Waals surface area contributed by atoms with E-state index in [0.717, 1.165) is 19.0 Å². The van der Waals surface area contributed by atoms with E-state index >= 15 is 0 Å². The van der Waals surface area contributed by atoms with Gasteiger partial charge in [0.1, 0.15) is 0 Å². The molecule has 1 heterocycles. The van der Waals surface area contributed by atoms with E-state index in [1.807, 2.05) is 0 Å². The van der Waals surface area contributed by atoms with E-state index in [0.29, 0.717) is 6.54 Å². The number of rotatable bonds is 6. The molecule has 1 saturated carbocycles. The summed E-state index contributed by atoms with van der Waals surface area (Å²) in [5, 5.41) is 19.3. The number of carboxylic acid groups (broad SMARTS) is 1. The molecule has 0 unspecified atom stereocenters. The Morgan fingerprint density at radius 1 is 1.62 bits per heavy atom. The molecule has 1 aromatic rings. The maximum atomic E-state index is 10.5. The van der Waals surface area contributed by atoms with E-state index in [-0.39, 0.29) is 5.69 Å². The molecule has 88 valence electrons. The number of hydrogen-bond donors (Lipinski definition) is 2. The Balaban J connectivity index is 1.66. The molecule has 0 aromatic carbocycles. The lowest BCUT2D eigenvalue weighted by atomic mass is 9.85. The Hall–Kier alpha value is -1.43. The van der Waals surface area contributed by atoms with Gasteiger partial charge in [0.25, 0.3) is 0 Å². The Kier molecular flexibility index (Phi) is 3.51. The zero-order valence-electron chi connectivity index (χ0n) is 9.09. The number of nitrogens with one attached hydrogen (secondary N) is 1. The van der Waals surface area contributed by atoms with Gasteiger partial charge in [-0.2, -0.15) is 0 Å². The second-order valence-corrected chi connectivity index (χ2v) is 4.17. The average molecular weight is 224 g/mol. The average Bonchev–Trinajstić information content (AvgIpc) is 2.63. The normalized spacial score (nSPS) is 16.0. The number of aromatic nitrogens is 3. The summed E-state index contributed by atoms with van der Waals surface area (Å²) >= 11 is 0. The van der Waals surface area contributed by atoms with E-state index < -0.39 is 5.97 Å². The van der Waals surface area contributed by atoms with Crippen molar-refractivity contribution < 1.29 is 9.90 Å². The molecular weight excluding hydrogens is 208 g/mol. The molecule has 1 aromatic heterocycles. The summed E-state index contributed by atoms with van der Waals surface area (Å²) in [5.74, 6) is -0.195.